The zero-order valence-corrected chi connectivity index (χ0v) is 14.2. The summed E-state index contributed by atoms with van der Waals surface area (Å²) in [5, 5.41) is 11.9. The van der Waals surface area contributed by atoms with Gasteiger partial charge in [0.25, 0.3) is 5.91 Å². The maximum Gasteiger partial charge on any atom is 0.407 e. The van der Waals surface area contributed by atoms with Crippen LogP contribution in [0.1, 0.15) is 22.5 Å². The Bertz CT molecular complexity index is 808. The van der Waals surface area contributed by atoms with Crippen molar-refractivity contribution in [2.24, 2.45) is 0 Å². The topological polar surface area (TPSA) is 95.7 Å². The van der Waals surface area contributed by atoms with Crippen molar-refractivity contribution >= 4 is 29.0 Å². The van der Waals surface area contributed by atoms with Crippen molar-refractivity contribution in [3.05, 3.63) is 41.0 Å². The number of carboxylic acid groups (broad SMARTS) is 1. The SMILES string of the molecule is Nc1cc(-c2cccc(F)c2)sc1C(=O)N[C@H]1CCCN(C(=O)O)C1. The number of hydrogen-bond acceptors (Lipinski definition) is 4. The number of likely N-dealkylation sites (tertiary alicyclic amines) is 1. The van der Waals surface area contributed by atoms with Crippen LogP contribution in [0.2, 0.25) is 0 Å². The standard InChI is InChI=1S/C17H18FN3O3S/c18-11-4-1-3-10(7-11)14-8-13(19)15(25-14)16(22)20-12-5-2-6-21(9-12)17(23)24/h1,3-4,7-8,12H,2,5-6,9,19H2,(H,20,22)(H,23,24)/t12-/m0/s1. The number of carbonyl (C=O) groups is 2. The maximum atomic E-state index is 13.4. The molecule has 4 N–H and O–H groups in total. The smallest absolute Gasteiger partial charge is 0.407 e. The van der Waals surface area contributed by atoms with Crippen LogP contribution in [0, 0.1) is 5.82 Å². The predicted molar refractivity (Wildman–Crippen MR) is 94.2 cm³/mol. The fourth-order valence-electron chi connectivity index (χ4n) is 2.89. The molecule has 0 bridgehead atoms. The first-order valence-electron chi connectivity index (χ1n) is 7.88. The molecule has 0 unspecified atom stereocenters. The van der Waals surface area contributed by atoms with Crippen LogP contribution < -0.4 is 11.1 Å². The first-order valence-corrected chi connectivity index (χ1v) is 8.69. The summed E-state index contributed by atoms with van der Waals surface area (Å²) in [4.78, 5) is 25.9. The molecule has 1 aliphatic heterocycles. The van der Waals surface area contributed by atoms with Gasteiger partial charge >= 0.3 is 6.09 Å². The molecule has 8 heteroatoms. The summed E-state index contributed by atoms with van der Waals surface area (Å²) in [6, 6.07) is 7.50. The number of nitrogen functional groups attached to an aromatic ring is 1. The molecule has 1 aliphatic rings. The summed E-state index contributed by atoms with van der Waals surface area (Å²) < 4.78 is 13.4. The molecule has 0 saturated carbocycles. The molecule has 3 rings (SSSR count). The number of nitrogens with zero attached hydrogens (tertiary/aromatic N) is 1. The van der Waals surface area contributed by atoms with Gasteiger partial charge in [-0.25, -0.2) is 9.18 Å². The van der Waals surface area contributed by atoms with E-state index in [9.17, 15) is 14.0 Å². The number of amides is 2. The summed E-state index contributed by atoms with van der Waals surface area (Å²) in [7, 11) is 0. The van der Waals surface area contributed by atoms with Gasteiger partial charge in [-0.15, -0.1) is 11.3 Å². The number of thiophene rings is 1. The molecule has 1 atom stereocenters. The van der Waals surface area contributed by atoms with Gasteiger partial charge in [-0.05, 0) is 36.6 Å². The van der Waals surface area contributed by atoms with E-state index in [0.717, 1.165) is 6.42 Å². The number of nitrogens with one attached hydrogen (secondary N) is 1. The van der Waals surface area contributed by atoms with E-state index in [1.807, 2.05) is 0 Å². The first kappa shape index (κ1) is 17.2. The van der Waals surface area contributed by atoms with Crippen molar-refractivity contribution in [3.63, 3.8) is 0 Å². The van der Waals surface area contributed by atoms with Crippen LogP contribution >= 0.6 is 11.3 Å². The highest BCUT2D eigenvalue weighted by Gasteiger charge is 2.26. The van der Waals surface area contributed by atoms with Gasteiger partial charge in [-0.3, -0.25) is 4.79 Å². The summed E-state index contributed by atoms with van der Waals surface area (Å²) in [5.74, 6) is -0.686. The summed E-state index contributed by atoms with van der Waals surface area (Å²) in [6.45, 7) is 0.746. The maximum absolute atomic E-state index is 13.4. The highest BCUT2D eigenvalue weighted by atomic mass is 32.1. The molecular formula is C17H18FN3O3S. The third-order valence-corrected chi connectivity index (χ3v) is 5.30. The molecule has 1 saturated heterocycles. The van der Waals surface area contributed by atoms with Crippen molar-refractivity contribution < 1.29 is 19.1 Å². The quantitative estimate of drug-likeness (QED) is 0.781. The van der Waals surface area contributed by atoms with Crippen LogP contribution in [0.3, 0.4) is 0 Å². The van der Waals surface area contributed by atoms with Gasteiger partial charge in [0.15, 0.2) is 0 Å². The number of piperidine rings is 1. The fraction of sp³-hybridized carbons (Fsp3) is 0.294. The normalized spacial score (nSPS) is 17.3. The molecule has 0 radical (unpaired) electrons. The Hall–Kier alpha value is -2.61. The van der Waals surface area contributed by atoms with E-state index >= 15 is 0 Å². The van der Waals surface area contributed by atoms with E-state index in [-0.39, 0.29) is 24.3 Å². The predicted octanol–water partition coefficient (Wildman–Crippen LogP) is 3.01. The van der Waals surface area contributed by atoms with Gasteiger partial charge in [-0.2, -0.15) is 0 Å². The van der Waals surface area contributed by atoms with Crippen LogP contribution in [-0.4, -0.2) is 41.1 Å². The molecule has 0 aliphatic carbocycles. The highest BCUT2D eigenvalue weighted by molar-refractivity contribution is 7.18. The van der Waals surface area contributed by atoms with E-state index in [1.165, 1.54) is 28.4 Å². The largest absolute Gasteiger partial charge is 0.465 e. The Labute approximate surface area is 148 Å². The van der Waals surface area contributed by atoms with Crippen molar-refractivity contribution in [1.29, 1.82) is 0 Å². The van der Waals surface area contributed by atoms with E-state index < -0.39 is 6.09 Å². The second-order valence-electron chi connectivity index (χ2n) is 5.95. The third kappa shape index (κ3) is 3.90. The average molecular weight is 363 g/mol. The number of anilines is 1. The lowest BCUT2D eigenvalue weighted by molar-refractivity contribution is 0.0893. The van der Waals surface area contributed by atoms with Crippen molar-refractivity contribution in [3.8, 4) is 10.4 Å². The van der Waals surface area contributed by atoms with Gasteiger partial charge in [0.1, 0.15) is 10.7 Å². The zero-order chi connectivity index (χ0) is 18.0. The summed E-state index contributed by atoms with van der Waals surface area (Å²) in [5.41, 5.74) is 6.93. The van der Waals surface area contributed by atoms with Crippen LogP contribution in [-0.2, 0) is 0 Å². The lowest BCUT2D eigenvalue weighted by Crippen LogP contribution is -2.49. The number of carbonyl (C=O) groups excluding carboxylic acids is 1. The monoisotopic (exact) mass is 363 g/mol. The number of hydrogen-bond donors (Lipinski definition) is 3. The minimum atomic E-state index is -0.983. The molecule has 1 aromatic carbocycles. The van der Waals surface area contributed by atoms with Gasteiger partial charge in [-0.1, -0.05) is 12.1 Å². The lowest BCUT2D eigenvalue weighted by atomic mass is 10.1. The van der Waals surface area contributed by atoms with E-state index in [2.05, 4.69) is 5.32 Å². The van der Waals surface area contributed by atoms with E-state index in [0.29, 0.717) is 34.0 Å². The minimum Gasteiger partial charge on any atom is -0.465 e. The summed E-state index contributed by atoms with van der Waals surface area (Å²) >= 11 is 1.19. The first-order chi connectivity index (χ1) is 11.9. The Balaban J connectivity index is 1.73. The molecule has 1 aromatic heterocycles. The Morgan fingerprint density at radius 3 is 2.88 bits per heavy atom. The molecule has 6 nitrogen and oxygen atoms in total. The number of halogens is 1. The van der Waals surface area contributed by atoms with Crippen LogP contribution in [0.4, 0.5) is 14.9 Å². The van der Waals surface area contributed by atoms with Crippen molar-refractivity contribution in [2.75, 3.05) is 18.8 Å². The molecule has 2 amide bonds. The Morgan fingerprint density at radius 1 is 1.36 bits per heavy atom. The molecule has 0 spiro atoms. The van der Waals surface area contributed by atoms with Crippen molar-refractivity contribution in [1.82, 2.24) is 10.2 Å². The zero-order valence-electron chi connectivity index (χ0n) is 13.4. The van der Waals surface area contributed by atoms with E-state index in [1.54, 1.807) is 18.2 Å². The van der Waals surface area contributed by atoms with Gasteiger partial charge < -0.3 is 21.1 Å². The minimum absolute atomic E-state index is 0.239. The average Bonchev–Trinajstić information content (AvgIpc) is 2.97. The Morgan fingerprint density at radius 2 is 2.16 bits per heavy atom. The van der Waals surface area contributed by atoms with Crippen LogP contribution in [0.5, 0.6) is 0 Å². The Kier molecular flexibility index (Phi) is 4.89. The van der Waals surface area contributed by atoms with E-state index in [4.69, 9.17) is 10.8 Å². The lowest BCUT2D eigenvalue weighted by Gasteiger charge is -2.31. The van der Waals surface area contributed by atoms with Gasteiger partial charge in [0.05, 0.1) is 5.69 Å². The van der Waals surface area contributed by atoms with Crippen LogP contribution in [0.25, 0.3) is 10.4 Å². The molecule has 132 valence electrons. The van der Waals surface area contributed by atoms with Gasteiger partial charge in [0.2, 0.25) is 0 Å². The molecule has 2 aromatic rings. The second-order valence-corrected chi connectivity index (χ2v) is 7.00. The number of nitrogens with two attached hydrogens (primary N) is 1. The number of rotatable bonds is 3. The highest BCUT2D eigenvalue weighted by Crippen LogP contribution is 2.33. The number of benzene rings is 1. The molecular weight excluding hydrogens is 345 g/mol. The molecule has 25 heavy (non-hydrogen) atoms. The van der Waals surface area contributed by atoms with Crippen molar-refractivity contribution in [2.45, 2.75) is 18.9 Å². The van der Waals surface area contributed by atoms with Gasteiger partial charge in [0, 0.05) is 24.0 Å². The molecule has 1 fully saturated rings. The summed E-state index contributed by atoms with van der Waals surface area (Å²) in [6.07, 6.45) is 0.437. The third-order valence-electron chi connectivity index (χ3n) is 4.10. The fourth-order valence-corrected chi connectivity index (χ4v) is 3.87. The van der Waals surface area contributed by atoms with Crippen LogP contribution in [0.15, 0.2) is 30.3 Å². The molecule has 2 heterocycles. The second kappa shape index (κ2) is 7.10.